The van der Waals surface area contributed by atoms with Gasteiger partial charge in [0, 0.05) is 29.7 Å². The number of nitrogens with zero attached hydrogens (tertiary/aromatic N) is 2. The molecule has 0 aliphatic heterocycles. The van der Waals surface area contributed by atoms with Crippen molar-refractivity contribution in [2.75, 3.05) is 16.4 Å². The van der Waals surface area contributed by atoms with Gasteiger partial charge in [-0.15, -0.1) is 0 Å². The average Bonchev–Trinajstić information content (AvgIpc) is 2.61. The summed E-state index contributed by atoms with van der Waals surface area (Å²) in [4.78, 5) is 20.4. The zero-order chi connectivity index (χ0) is 19.8. The van der Waals surface area contributed by atoms with Crippen LogP contribution in [0.2, 0.25) is 0 Å². The van der Waals surface area contributed by atoms with Crippen LogP contribution in [0.3, 0.4) is 0 Å². The van der Waals surface area contributed by atoms with Crippen LogP contribution in [0.5, 0.6) is 0 Å². The number of aromatic nitrogens is 1. The van der Waals surface area contributed by atoms with E-state index in [2.05, 4.69) is 27.2 Å². The number of aliphatic imine (C=N–C) groups is 1. The fourth-order valence-electron chi connectivity index (χ4n) is 2.15. The van der Waals surface area contributed by atoms with E-state index in [1.165, 1.54) is 6.20 Å². The summed E-state index contributed by atoms with van der Waals surface area (Å²) in [5.74, 6) is -0.0508. The zero-order valence-corrected chi connectivity index (χ0v) is 15.6. The zero-order valence-electron chi connectivity index (χ0n) is 14.9. The summed E-state index contributed by atoms with van der Waals surface area (Å²) >= 11 is 5.74. The molecule has 1 heterocycles. The summed E-state index contributed by atoms with van der Waals surface area (Å²) in [5, 5.41) is 6.37. The summed E-state index contributed by atoms with van der Waals surface area (Å²) in [7, 11) is 0. The highest BCUT2D eigenvalue weighted by Gasteiger charge is 2.13. The number of hydrogen-bond acceptors (Lipinski definition) is 6. The number of halogens is 1. The van der Waals surface area contributed by atoms with E-state index in [0.29, 0.717) is 23.1 Å². The van der Waals surface area contributed by atoms with Crippen LogP contribution < -0.4 is 22.1 Å². The van der Waals surface area contributed by atoms with Gasteiger partial charge in [-0.05, 0) is 36.8 Å². The number of carbonyl (C=O) groups excluding carboxylic acids is 1. The second-order valence-electron chi connectivity index (χ2n) is 5.66. The van der Waals surface area contributed by atoms with Gasteiger partial charge in [-0.25, -0.2) is 9.98 Å². The van der Waals surface area contributed by atoms with Crippen LogP contribution in [0.15, 0.2) is 71.1 Å². The van der Waals surface area contributed by atoms with E-state index in [4.69, 9.17) is 23.1 Å². The molecule has 8 heteroatoms. The number of carbonyl (C=O) groups is 1. The Morgan fingerprint density at radius 2 is 2.15 bits per heavy atom. The molecule has 0 aliphatic rings. The van der Waals surface area contributed by atoms with Crippen LogP contribution in [0.25, 0.3) is 0 Å². The van der Waals surface area contributed by atoms with Crippen molar-refractivity contribution in [1.29, 1.82) is 0 Å². The lowest BCUT2D eigenvalue weighted by Gasteiger charge is -2.11. The molecular formula is C19H21ClN6O. The predicted octanol–water partition coefficient (Wildman–Crippen LogP) is 3.23. The minimum absolute atomic E-state index is 0.00154. The Bertz CT molecular complexity index is 903. The molecule has 0 aliphatic carbocycles. The molecule has 0 radical (unpaired) electrons. The van der Waals surface area contributed by atoms with Crippen LogP contribution in [-0.4, -0.2) is 16.6 Å². The molecule has 0 saturated heterocycles. The first-order chi connectivity index (χ1) is 12.9. The predicted molar refractivity (Wildman–Crippen MR) is 111 cm³/mol. The van der Waals surface area contributed by atoms with E-state index in [1.807, 2.05) is 24.3 Å². The molecule has 0 bridgehead atoms. The fourth-order valence-corrected chi connectivity index (χ4v) is 2.20. The molecule has 0 atom stereocenters. The van der Waals surface area contributed by atoms with Crippen LogP contribution in [-0.2, 0) is 11.3 Å². The van der Waals surface area contributed by atoms with Gasteiger partial charge in [-0.3, -0.25) is 4.79 Å². The molecule has 1 aromatic carbocycles. The summed E-state index contributed by atoms with van der Waals surface area (Å²) < 4.78 is 0. The van der Waals surface area contributed by atoms with Gasteiger partial charge < -0.3 is 22.1 Å². The average molecular weight is 385 g/mol. The number of pyridine rings is 1. The molecule has 140 valence electrons. The maximum Gasteiger partial charge on any atom is 0.276 e. The minimum atomic E-state index is -0.474. The Morgan fingerprint density at radius 3 is 2.81 bits per heavy atom. The Labute approximate surface area is 162 Å². The summed E-state index contributed by atoms with van der Waals surface area (Å²) in [6.45, 7) is 5.73. The number of amides is 1. The number of nitrogen functional groups attached to an aromatic ring is 1. The third-order valence-corrected chi connectivity index (χ3v) is 3.49. The summed E-state index contributed by atoms with van der Waals surface area (Å²) in [5.41, 5.74) is 13.8. The quantitative estimate of drug-likeness (QED) is 0.546. The van der Waals surface area contributed by atoms with Crippen LogP contribution >= 0.6 is 11.6 Å². The first-order valence-electron chi connectivity index (χ1n) is 8.06. The van der Waals surface area contributed by atoms with Gasteiger partial charge in [0.15, 0.2) is 5.71 Å². The van der Waals surface area contributed by atoms with Crippen molar-refractivity contribution in [2.24, 2.45) is 10.7 Å². The lowest BCUT2D eigenvalue weighted by atomic mass is 10.2. The number of allylic oxidation sites excluding steroid dienone is 1. The van der Waals surface area contributed by atoms with Crippen molar-refractivity contribution in [3.05, 3.63) is 71.7 Å². The Hall–Kier alpha value is -3.32. The molecule has 6 N–H and O–H groups in total. The molecule has 0 fully saturated rings. The molecule has 7 nitrogen and oxygen atoms in total. The molecule has 0 spiro atoms. The molecule has 0 saturated carbocycles. The number of hydrogen-bond donors (Lipinski definition) is 4. The number of anilines is 3. The Kier molecular flexibility index (Phi) is 6.96. The van der Waals surface area contributed by atoms with Crippen LogP contribution in [0, 0.1) is 0 Å². The van der Waals surface area contributed by atoms with Gasteiger partial charge in [0.1, 0.15) is 5.82 Å². The van der Waals surface area contributed by atoms with Gasteiger partial charge in [0.25, 0.3) is 5.91 Å². The lowest BCUT2D eigenvalue weighted by Crippen LogP contribution is -2.27. The van der Waals surface area contributed by atoms with Gasteiger partial charge in [0.05, 0.1) is 11.4 Å². The standard InChI is InChI=1S/C19H21ClN6O/c1-12(20)10-25-17(13(2)21)19(27)26-15-6-3-5-14(9-15)11-24-16-7-4-8-23-18(16)22/h3-10,24H,2,11,21H2,1H3,(H2,22,23)(H,26,27)/b12-10+,25-17?. The maximum atomic E-state index is 12.4. The maximum absolute atomic E-state index is 12.4. The van der Waals surface area contributed by atoms with Crippen molar-refractivity contribution in [3.8, 4) is 0 Å². The van der Waals surface area contributed by atoms with Crippen LogP contribution in [0.1, 0.15) is 12.5 Å². The van der Waals surface area contributed by atoms with E-state index in [9.17, 15) is 4.79 Å². The van der Waals surface area contributed by atoms with E-state index < -0.39 is 5.91 Å². The van der Waals surface area contributed by atoms with Gasteiger partial charge in [-0.2, -0.15) is 0 Å². The van der Waals surface area contributed by atoms with E-state index in [0.717, 1.165) is 11.3 Å². The lowest BCUT2D eigenvalue weighted by molar-refractivity contribution is -0.110. The highest BCUT2D eigenvalue weighted by Crippen LogP contribution is 2.17. The second kappa shape index (κ2) is 9.40. The van der Waals surface area contributed by atoms with E-state index in [-0.39, 0.29) is 11.4 Å². The third-order valence-electron chi connectivity index (χ3n) is 3.40. The SMILES string of the molecule is C=C(N)C(=N/C=C(\C)Cl)C(=O)Nc1cccc(CNc2cccnc2N)c1. The second-order valence-corrected chi connectivity index (χ2v) is 6.26. The monoisotopic (exact) mass is 384 g/mol. The number of benzene rings is 1. The smallest absolute Gasteiger partial charge is 0.276 e. The van der Waals surface area contributed by atoms with Gasteiger partial charge in [0.2, 0.25) is 0 Å². The third kappa shape index (κ3) is 6.16. The normalized spacial score (nSPS) is 11.8. The first-order valence-corrected chi connectivity index (χ1v) is 8.44. The van der Waals surface area contributed by atoms with Crippen molar-refractivity contribution >= 4 is 40.4 Å². The number of nitrogens with two attached hydrogens (primary N) is 2. The van der Waals surface area contributed by atoms with Crippen molar-refractivity contribution in [1.82, 2.24) is 4.98 Å². The molecule has 1 amide bonds. The number of rotatable bonds is 7. The van der Waals surface area contributed by atoms with Gasteiger partial charge >= 0.3 is 0 Å². The van der Waals surface area contributed by atoms with Gasteiger partial charge in [-0.1, -0.05) is 30.3 Å². The van der Waals surface area contributed by atoms with Crippen LogP contribution in [0.4, 0.5) is 17.2 Å². The Morgan fingerprint density at radius 1 is 1.37 bits per heavy atom. The molecule has 2 rings (SSSR count). The summed E-state index contributed by atoms with van der Waals surface area (Å²) in [6.07, 6.45) is 2.97. The molecule has 1 aromatic heterocycles. The first kappa shape index (κ1) is 20.0. The highest BCUT2D eigenvalue weighted by molar-refractivity contribution is 6.48. The molecule has 2 aromatic rings. The number of nitrogens with one attached hydrogen (secondary N) is 2. The van der Waals surface area contributed by atoms with Crippen molar-refractivity contribution in [3.63, 3.8) is 0 Å². The molecule has 0 unspecified atom stereocenters. The topological polar surface area (TPSA) is 118 Å². The fraction of sp³-hybridized carbons (Fsp3) is 0.105. The summed E-state index contributed by atoms with van der Waals surface area (Å²) in [6, 6.07) is 11.0. The largest absolute Gasteiger partial charge is 0.397 e. The molecular weight excluding hydrogens is 364 g/mol. The van der Waals surface area contributed by atoms with Crippen molar-refractivity contribution in [2.45, 2.75) is 13.5 Å². The Balaban J connectivity index is 2.09. The molecule has 27 heavy (non-hydrogen) atoms. The van der Waals surface area contributed by atoms with E-state index in [1.54, 1.807) is 25.3 Å². The minimum Gasteiger partial charge on any atom is -0.397 e. The highest BCUT2D eigenvalue weighted by atomic mass is 35.5. The van der Waals surface area contributed by atoms with E-state index >= 15 is 0 Å². The van der Waals surface area contributed by atoms with Crippen molar-refractivity contribution < 1.29 is 4.79 Å².